The number of carbonyl (C=O) groups is 1. The van der Waals surface area contributed by atoms with Crippen molar-refractivity contribution in [3.05, 3.63) is 47.5 Å². The molecule has 0 spiro atoms. The molecule has 0 aliphatic heterocycles. The predicted molar refractivity (Wildman–Crippen MR) is 53.4 cm³/mol. The van der Waals surface area contributed by atoms with Gasteiger partial charge in [-0.25, -0.2) is 0 Å². The summed E-state index contributed by atoms with van der Waals surface area (Å²) in [6.45, 7) is 0. The van der Waals surface area contributed by atoms with E-state index in [0.29, 0.717) is 0 Å². The van der Waals surface area contributed by atoms with Crippen LogP contribution in [0.5, 0.6) is 0 Å². The highest BCUT2D eigenvalue weighted by Crippen LogP contribution is 2.47. The first-order chi connectivity index (χ1) is 6.79. The van der Waals surface area contributed by atoms with Crippen molar-refractivity contribution in [3.8, 4) is 0 Å². The van der Waals surface area contributed by atoms with Crippen LogP contribution in [-0.2, 0) is 4.79 Å². The lowest BCUT2D eigenvalue weighted by atomic mass is 10.1. The van der Waals surface area contributed by atoms with Crippen LogP contribution >= 0.6 is 0 Å². The van der Waals surface area contributed by atoms with Gasteiger partial charge in [-0.15, -0.1) is 0 Å². The van der Waals surface area contributed by atoms with E-state index in [9.17, 15) is 4.79 Å². The molecule has 0 saturated carbocycles. The molecule has 0 bridgehead atoms. The number of hydrogen-bond donors (Lipinski definition) is 1. The summed E-state index contributed by atoms with van der Waals surface area (Å²) in [5.41, 5.74) is 1.96. The number of benzene rings is 2. The molecule has 0 heterocycles. The molecule has 1 atom stereocenters. The molecule has 2 aromatic carbocycles. The number of carboxylic acids is 1. The SMILES string of the molecule is O=C(O)C1c2ccc3ccccc3c21. The van der Waals surface area contributed by atoms with E-state index in [0.717, 1.165) is 21.9 Å². The van der Waals surface area contributed by atoms with Crippen molar-refractivity contribution < 1.29 is 9.90 Å². The van der Waals surface area contributed by atoms with E-state index in [2.05, 4.69) is 0 Å². The average Bonchev–Trinajstić information content (AvgIpc) is 2.92. The van der Waals surface area contributed by atoms with Crippen molar-refractivity contribution in [2.75, 3.05) is 0 Å². The summed E-state index contributed by atoms with van der Waals surface area (Å²) in [5.74, 6) is -1.09. The summed E-state index contributed by atoms with van der Waals surface area (Å²) in [6.07, 6.45) is 0. The highest BCUT2D eigenvalue weighted by Gasteiger charge is 2.40. The van der Waals surface area contributed by atoms with Gasteiger partial charge in [0.1, 0.15) is 5.92 Å². The van der Waals surface area contributed by atoms with Crippen molar-refractivity contribution >= 4 is 16.7 Å². The molecule has 0 aromatic heterocycles. The summed E-state index contributed by atoms with van der Waals surface area (Å²) < 4.78 is 0. The highest BCUT2D eigenvalue weighted by atomic mass is 16.4. The topological polar surface area (TPSA) is 37.3 Å². The monoisotopic (exact) mass is 184 g/mol. The van der Waals surface area contributed by atoms with Crippen LogP contribution in [0.4, 0.5) is 0 Å². The third kappa shape index (κ3) is 0.826. The standard InChI is InChI=1S/C12H8O2/c13-12(14)11-9-6-5-7-3-1-2-4-8(7)10(9)11/h1-6,11H,(H,13,14). The normalized spacial score (nSPS) is 17.9. The molecular weight excluding hydrogens is 176 g/mol. The van der Waals surface area contributed by atoms with Gasteiger partial charge >= 0.3 is 5.97 Å². The summed E-state index contributed by atoms with van der Waals surface area (Å²) in [4.78, 5) is 10.9. The van der Waals surface area contributed by atoms with Gasteiger partial charge in [0.25, 0.3) is 0 Å². The molecule has 1 N–H and O–H groups in total. The lowest BCUT2D eigenvalue weighted by molar-refractivity contribution is -0.136. The zero-order valence-electron chi connectivity index (χ0n) is 7.40. The third-order valence-electron chi connectivity index (χ3n) is 2.77. The fraction of sp³-hybridized carbons (Fsp3) is 0.0833. The van der Waals surface area contributed by atoms with Gasteiger partial charge in [-0.1, -0.05) is 36.4 Å². The van der Waals surface area contributed by atoms with Crippen LogP contribution in [0, 0.1) is 0 Å². The molecule has 2 heteroatoms. The zero-order valence-corrected chi connectivity index (χ0v) is 7.40. The number of fused-ring (bicyclic) bond motifs is 3. The van der Waals surface area contributed by atoms with Gasteiger partial charge < -0.3 is 5.11 Å². The minimum Gasteiger partial charge on any atom is -0.481 e. The summed E-state index contributed by atoms with van der Waals surface area (Å²) in [5, 5.41) is 11.1. The molecule has 3 rings (SSSR count). The van der Waals surface area contributed by atoms with Crippen LogP contribution in [-0.4, -0.2) is 11.1 Å². The second-order valence-corrected chi connectivity index (χ2v) is 3.56. The van der Waals surface area contributed by atoms with Crippen molar-refractivity contribution in [2.45, 2.75) is 5.92 Å². The fourth-order valence-electron chi connectivity index (χ4n) is 2.06. The Labute approximate surface area is 80.8 Å². The van der Waals surface area contributed by atoms with Crippen molar-refractivity contribution in [1.82, 2.24) is 0 Å². The minimum atomic E-state index is -0.739. The van der Waals surface area contributed by atoms with E-state index in [-0.39, 0.29) is 5.92 Å². The zero-order chi connectivity index (χ0) is 9.71. The van der Waals surface area contributed by atoms with Gasteiger partial charge in [0.15, 0.2) is 0 Å². The van der Waals surface area contributed by atoms with E-state index in [1.165, 1.54) is 0 Å². The summed E-state index contributed by atoms with van der Waals surface area (Å²) in [7, 11) is 0. The van der Waals surface area contributed by atoms with Crippen LogP contribution in [0.2, 0.25) is 0 Å². The molecule has 14 heavy (non-hydrogen) atoms. The maximum atomic E-state index is 10.9. The van der Waals surface area contributed by atoms with E-state index in [1.807, 2.05) is 36.4 Å². The van der Waals surface area contributed by atoms with Gasteiger partial charge in [-0.3, -0.25) is 4.79 Å². The minimum absolute atomic E-state index is 0.352. The molecule has 1 unspecified atom stereocenters. The van der Waals surface area contributed by atoms with Gasteiger partial charge in [-0.2, -0.15) is 0 Å². The lowest BCUT2D eigenvalue weighted by Crippen LogP contribution is -1.95. The Kier molecular flexibility index (Phi) is 1.27. The molecule has 0 amide bonds. The van der Waals surface area contributed by atoms with Crippen LogP contribution in [0.15, 0.2) is 36.4 Å². The largest absolute Gasteiger partial charge is 0.481 e. The van der Waals surface area contributed by atoms with Crippen LogP contribution in [0.1, 0.15) is 17.0 Å². The van der Waals surface area contributed by atoms with Crippen molar-refractivity contribution in [3.63, 3.8) is 0 Å². The van der Waals surface area contributed by atoms with Crippen LogP contribution in [0.3, 0.4) is 0 Å². The first-order valence-corrected chi connectivity index (χ1v) is 4.53. The average molecular weight is 184 g/mol. The lowest BCUT2D eigenvalue weighted by Gasteiger charge is -1.92. The van der Waals surface area contributed by atoms with Crippen molar-refractivity contribution in [1.29, 1.82) is 0 Å². The second kappa shape index (κ2) is 2.35. The molecule has 0 fully saturated rings. The maximum Gasteiger partial charge on any atom is 0.315 e. The first kappa shape index (κ1) is 7.56. The molecule has 68 valence electrons. The third-order valence-corrected chi connectivity index (χ3v) is 2.77. The van der Waals surface area contributed by atoms with E-state index >= 15 is 0 Å². The Morgan fingerprint density at radius 3 is 2.71 bits per heavy atom. The first-order valence-electron chi connectivity index (χ1n) is 4.53. The smallest absolute Gasteiger partial charge is 0.315 e. The number of aliphatic carboxylic acids is 1. The maximum absolute atomic E-state index is 10.9. The molecule has 1 aliphatic rings. The van der Waals surface area contributed by atoms with Crippen LogP contribution in [0.25, 0.3) is 10.8 Å². The van der Waals surface area contributed by atoms with Crippen LogP contribution < -0.4 is 0 Å². The molecule has 2 aromatic rings. The highest BCUT2D eigenvalue weighted by molar-refractivity contribution is 6.01. The molecule has 1 aliphatic carbocycles. The fourth-order valence-corrected chi connectivity index (χ4v) is 2.06. The van der Waals surface area contributed by atoms with E-state index in [4.69, 9.17) is 5.11 Å². The predicted octanol–water partition coefficient (Wildman–Crippen LogP) is 2.37. The second-order valence-electron chi connectivity index (χ2n) is 3.56. The molecule has 0 radical (unpaired) electrons. The Morgan fingerprint density at radius 1 is 1.14 bits per heavy atom. The number of hydrogen-bond acceptors (Lipinski definition) is 1. The number of carboxylic acid groups (broad SMARTS) is 1. The molecule has 2 nitrogen and oxygen atoms in total. The quantitative estimate of drug-likeness (QED) is 0.738. The van der Waals surface area contributed by atoms with Gasteiger partial charge in [0, 0.05) is 0 Å². The Balaban J connectivity index is 2.29. The van der Waals surface area contributed by atoms with Gasteiger partial charge in [0.05, 0.1) is 0 Å². The number of rotatable bonds is 1. The Morgan fingerprint density at radius 2 is 1.93 bits per heavy atom. The van der Waals surface area contributed by atoms with Gasteiger partial charge in [0.2, 0.25) is 0 Å². The summed E-state index contributed by atoms with van der Waals surface area (Å²) >= 11 is 0. The van der Waals surface area contributed by atoms with Crippen molar-refractivity contribution in [2.24, 2.45) is 0 Å². The Bertz CT molecular complexity index is 543. The Hall–Kier alpha value is -1.83. The van der Waals surface area contributed by atoms with E-state index < -0.39 is 5.97 Å². The molecule has 0 saturated heterocycles. The van der Waals surface area contributed by atoms with Gasteiger partial charge in [-0.05, 0) is 21.9 Å². The van der Waals surface area contributed by atoms with E-state index in [1.54, 1.807) is 0 Å². The summed E-state index contributed by atoms with van der Waals surface area (Å²) in [6, 6.07) is 11.8. The molecular formula is C12H8O2.